The van der Waals surface area contributed by atoms with Crippen LogP contribution in [0.4, 0.5) is 0 Å². The van der Waals surface area contributed by atoms with Crippen LogP contribution in [0.15, 0.2) is 0 Å². The highest BCUT2D eigenvalue weighted by atomic mass is 32.3. The fourth-order valence-electron chi connectivity index (χ4n) is 0.416. The average molecular weight is 320 g/mol. The summed E-state index contributed by atoms with van der Waals surface area (Å²) in [5.74, 6) is 0. The third-order valence-electron chi connectivity index (χ3n) is 0.837. The summed E-state index contributed by atoms with van der Waals surface area (Å²) < 4.78 is 70.4. The minimum absolute atomic E-state index is 0.622. The summed E-state index contributed by atoms with van der Waals surface area (Å²) in [5.41, 5.74) is 0. The van der Waals surface area contributed by atoms with Gasteiger partial charge in [0.05, 0.1) is 0 Å². The lowest BCUT2D eigenvalue weighted by Gasteiger charge is -2.27. The fraction of sp³-hybridized carbons (Fsp3) is 0. The molecule has 0 saturated carbocycles. The van der Waals surface area contributed by atoms with Gasteiger partial charge in [0.25, 0.3) is 0 Å². The van der Waals surface area contributed by atoms with E-state index in [4.69, 9.17) is 14.3 Å². The van der Waals surface area contributed by atoms with Crippen molar-refractivity contribution >= 4 is 37.8 Å². The molecule has 2 atom stereocenters. The molecule has 98 valence electrons. The van der Waals surface area contributed by atoms with E-state index in [1.165, 1.54) is 0 Å². The smallest absolute Gasteiger partial charge is 0.581 e. The van der Waals surface area contributed by atoms with Crippen molar-refractivity contribution in [1.29, 1.82) is 0 Å². The van der Waals surface area contributed by atoms with Crippen molar-refractivity contribution in [2.45, 2.75) is 0 Å². The Kier molecular flexibility index (Phi) is 4.59. The van der Waals surface area contributed by atoms with E-state index in [2.05, 4.69) is 4.28 Å². The highest BCUT2D eigenvalue weighted by Crippen LogP contribution is 2.51. The Bertz CT molecular complexity index is 461. The van der Waals surface area contributed by atoms with Crippen molar-refractivity contribution in [2.24, 2.45) is 0 Å². The molecule has 0 amide bonds. The minimum atomic E-state index is -5.63. The van der Waals surface area contributed by atoms with Crippen molar-refractivity contribution in [1.82, 2.24) is 4.83 Å². The molecule has 0 aliphatic carbocycles. The van der Waals surface area contributed by atoms with Gasteiger partial charge in [-0.15, -0.1) is 0 Å². The molecular formula is H6N2O10P2S2. The summed E-state index contributed by atoms with van der Waals surface area (Å²) in [4.78, 5) is 17.7. The maximum Gasteiger partial charge on any atom is 0.581 e. The van der Waals surface area contributed by atoms with Crippen LogP contribution in [0.2, 0.25) is 0 Å². The number of rotatable bonds is 5. The lowest BCUT2D eigenvalue weighted by atomic mass is 12.8. The predicted molar refractivity (Wildman–Crippen MR) is 47.5 cm³/mol. The second-order valence-corrected chi connectivity index (χ2v) is 7.06. The van der Waals surface area contributed by atoms with E-state index < -0.39 is 32.7 Å². The van der Waals surface area contributed by atoms with E-state index >= 15 is 0 Å². The average Bonchev–Trinajstić information content (AvgIpc) is 1.72. The Morgan fingerprint density at radius 3 is 1.88 bits per heavy atom. The van der Waals surface area contributed by atoms with E-state index in [-0.39, 0.29) is 0 Å². The molecule has 4 N–H and O–H groups in total. The standard InChI is InChI=1S/H6N2O10P2S2/c3-14(4,5)2(13,1-15(6,7)8)12-16(9,10)11/h1H,13H2,(H3-,3,4,5,6,7,8,9,10,11). The van der Waals surface area contributed by atoms with Crippen LogP contribution in [0.5, 0.6) is 0 Å². The maximum atomic E-state index is 10.7. The third kappa shape index (κ3) is 5.56. The van der Waals surface area contributed by atoms with Crippen LogP contribution in [0.1, 0.15) is 0 Å². The van der Waals surface area contributed by atoms with E-state index in [9.17, 15) is 26.0 Å². The molecule has 2 unspecified atom stereocenters. The Hall–Kier alpha value is 0.280. The molecule has 0 saturated heterocycles. The molecule has 12 nitrogen and oxygen atoms in total. The van der Waals surface area contributed by atoms with Gasteiger partial charge in [0, 0.05) is 4.30 Å². The molecule has 0 aromatic rings. The number of nitrogens with zero attached hydrogens (tertiary/aromatic N) is 1. The molecule has 0 rings (SSSR count). The summed E-state index contributed by atoms with van der Waals surface area (Å²) in [6.07, 6.45) is 0. The summed E-state index contributed by atoms with van der Waals surface area (Å²) in [5, 5.41) is 0. The molecule has 0 aliphatic heterocycles. The molecule has 0 fully saturated rings. The summed E-state index contributed by atoms with van der Waals surface area (Å²) in [6.45, 7) is 0. The maximum absolute atomic E-state index is 10.7. The zero-order valence-electron chi connectivity index (χ0n) is 6.99. The van der Waals surface area contributed by atoms with E-state index in [1.807, 2.05) is 0 Å². The molecule has 0 spiro atoms. The van der Waals surface area contributed by atoms with Crippen molar-refractivity contribution in [3.8, 4) is 0 Å². The van der Waals surface area contributed by atoms with Crippen LogP contribution < -0.4 is 4.83 Å². The lowest BCUT2D eigenvalue weighted by molar-refractivity contribution is -0.905. The van der Waals surface area contributed by atoms with Gasteiger partial charge in [-0.2, -0.15) is 13.0 Å². The van der Waals surface area contributed by atoms with Gasteiger partial charge in [-0.3, -0.25) is 14.3 Å². The zero-order valence-corrected chi connectivity index (χ0v) is 10.7. The molecule has 0 aromatic carbocycles. The first-order valence-electron chi connectivity index (χ1n) is 2.83. The third-order valence-corrected chi connectivity index (χ3v) is 4.43. The SMILES string of the molecule is O=P(O)(O)[N+](P)(NS(=O)(=O)[O-])OS(=O)(=O)O. The normalized spacial score (nSPS) is 18.1. The van der Waals surface area contributed by atoms with Gasteiger partial charge in [0.2, 0.25) is 10.3 Å². The lowest BCUT2D eigenvalue weighted by Crippen LogP contribution is -2.50. The first kappa shape index (κ1) is 16.3. The quantitative estimate of drug-likeness (QED) is 0.237. The number of hydrogen-bond acceptors (Lipinski definition) is 7. The van der Waals surface area contributed by atoms with Crippen molar-refractivity contribution < 1.29 is 48.9 Å². The Balaban J connectivity index is 5.49. The van der Waals surface area contributed by atoms with Gasteiger partial charge >= 0.3 is 18.1 Å². The topological polar surface area (TPSA) is 190 Å². The monoisotopic (exact) mass is 320 g/mol. The van der Waals surface area contributed by atoms with Crippen molar-refractivity contribution in [3.63, 3.8) is 0 Å². The van der Waals surface area contributed by atoms with Crippen LogP contribution >= 0.6 is 17.1 Å². The number of quaternary nitrogens is 1. The molecular weight excluding hydrogens is 314 g/mol. The van der Waals surface area contributed by atoms with Crippen LogP contribution in [-0.2, 0) is 29.6 Å². The molecule has 0 aromatic heterocycles. The second kappa shape index (κ2) is 4.51. The van der Waals surface area contributed by atoms with E-state index in [0.29, 0.717) is 4.83 Å². The minimum Gasteiger partial charge on any atom is -0.732 e. The van der Waals surface area contributed by atoms with Gasteiger partial charge in [0.1, 0.15) is 9.39 Å². The second-order valence-electron chi connectivity index (χ2n) is 2.18. The number of nitrogens with one attached hydrogen (secondary N) is 1. The first-order chi connectivity index (χ1) is 6.66. The summed E-state index contributed by atoms with van der Waals surface area (Å²) in [6, 6.07) is 0. The molecule has 0 radical (unpaired) electrons. The van der Waals surface area contributed by atoms with Crippen molar-refractivity contribution in [3.05, 3.63) is 0 Å². The summed E-state index contributed by atoms with van der Waals surface area (Å²) in [7, 11) is -15.6. The molecule has 16 heteroatoms. The van der Waals surface area contributed by atoms with Crippen LogP contribution in [-0.4, -0.2) is 40.0 Å². The first-order valence-corrected chi connectivity index (χ1v) is 7.69. The van der Waals surface area contributed by atoms with Crippen LogP contribution in [0.25, 0.3) is 0 Å². The van der Waals surface area contributed by atoms with Gasteiger partial charge < -0.3 is 4.55 Å². The fourth-order valence-corrected chi connectivity index (χ4v) is 3.18. The van der Waals surface area contributed by atoms with Crippen molar-refractivity contribution in [2.75, 3.05) is 0 Å². The van der Waals surface area contributed by atoms with Gasteiger partial charge in [-0.25, -0.2) is 8.42 Å². The predicted octanol–water partition coefficient (Wildman–Crippen LogP) is -2.61. The highest BCUT2D eigenvalue weighted by Gasteiger charge is 2.51. The highest BCUT2D eigenvalue weighted by molar-refractivity contribution is 7.84. The van der Waals surface area contributed by atoms with E-state index in [0.717, 1.165) is 9.39 Å². The number of hydrogen-bond donors (Lipinski definition) is 4. The molecule has 0 aliphatic rings. The summed E-state index contributed by atoms with van der Waals surface area (Å²) >= 11 is 0. The Morgan fingerprint density at radius 1 is 1.31 bits per heavy atom. The van der Waals surface area contributed by atoms with Gasteiger partial charge in [-0.1, -0.05) is 0 Å². The molecule has 0 bridgehead atoms. The Morgan fingerprint density at radius 2 is 1.69 bits per heavy atom. The largest absolute Gasteiger partial charge is 0.732 e. The Labute approximate surface area is 92.0 Å². The van der Waals surface area contributed by atoms with Gasteiger partial charge in [0.15, 0.2) is 0 Å². The zero-order chi connectivity index (χ0) is 13.4. The van der Waals surface area contributed by atoms with Crippen LogP contribution in [0, 0.1) is 0 Å². The molecule has 16 heavy (non-hydrogen) atoms. The van der Waals surface area contributed by atoms with E-state index in [1.54, 1.807) is 0 Å². The molecule has 0 heterocycles. The van der Waals surface area contributed by atoms with Gasteiger partial charge in [-0.05, 0) is 9.11 Å². The van der Waals surface area contributed by atoms with Crippen LogP contribution in [0.3, 0.4) is 0 Å².